The van der Waals surface area contributed by atoms with E-state index in [1.807, 2.05) is 0 Å². The fraction of sp³-hybridized carbons (Fsp3) is 0.415. The van der Waals surface area contributed by atoms with Crippen LogP contribution in [0, 0.1) is 0 Å². The lowest BCUT2D eigenvalue weighted by Crippen LogP contribution is -2.70. The van der Waals surface area contributed by atoms with E-state index in [0.717, 1.165) is 48.5 Å². The molecule has 0 aliphatic rings. The Kier molecular flexibility index (Phi) is 14.9. The van der Waals surface area contributed by atoms with Crippen LogP contribution in [0.25, 0.3) is 0 Å². The molecule has 0 saturated carbocycles. The Morgan fingerprint density at radius 1 is 0.265 bits per heavy atom. The van der Waals surface area contributed by atoms with Gasteiger partial charge in [-0.15, -0.1) is 0 Å². The fourth-order valence-corrected chi connectivity index (χ4v) is 10.8. The SMILES string of the molecule is FC(F)(F)C(F)(F)C(F)(F)C(F)(F)C(F)(F)C(F)(F)CCc1ccc([P+](Cc2ccccc2)(c2ccccc2)c2ccc(CCC(F)(F)C(F)(F)C(F)(F)C(F)(F)C(F)(F)C(F)(F)F)cc2)cc1. The van der Waals surface area contributed by atoms with Gasteiger partial charge in [0, 0.05) is 12.8 Å². The van der Waals surface area contributed by atoms with E-state index < -0.39 is 116 Å². The molecule has 0 N–H and O–H groups in total. The minimum absolute atomic E-state index is 0.0388. The standard InChI is InChI=1S/C41H28F26P/c42-30(43,32(46,47)34(50,51)36(54,55)38(58,59)40(62,63)64)21-19-24-11-15-28(16-12-24)68(27-9-5-2-6-10-27,23-26-7-3-1-4-8-26)29-17-13-25(14-18-29)20-22-31(44,45)33(48,49)35(52,53)37(56,57)39(60,61)41(65,66)67/h1-18H,19-23H2/q+1. The topological polar surface area (TPSA) is 0 Å². The van der Waals surface area contributed by atoms with Gasteiger partial charge in [0.15, 0.2) is 0 Å². The van der Waals surface area contributed by atoms with Crippen LogP contribution in [-0.4, -0.2) is 71.6 Å². The summed E-state index contributed by atoms with van der Waals surface area (Å²) in [6, 6.07) is 23.7. The predicted octanol–water partition coefficient (Wildman–Crippen LogP) is 14.5. The zero-order valence-corrected chi connectivity index (χ0v) is 34.1. The molecule has 27 heteroatoms. The summed E-state index contributed by atoms with van der Waals surface area (Å²) in [5.74, 6) is -75.9. The maximum Gasteiger partial charge on any atom is 0.460 e. The van der Waals surface area contributed by atoms with Crippen LogP contribution in [0.1, 0.15) is 29.5 Å². The minimum Gasteiger partial charge on any atom is -0.200 e. The first-order valence-corrected chi connectivity index (χ1v) is 20.6. The smallest absolute Gasteiger partial charge is 0.200 e. The second-order valence-electron chi connectivity index (χ2n) is 15.1. The van der Waals surface area contributed by atoms with Crippen LogP contribution in [0.5, 0.6) is 0 Å². The molecule has 0 bridgehead atoms. The van der Waals surface area contributed by atoms with Crippen LogP contribution in [0.3, 0.4) is 0 Å². The Morgan fingerprint density at radius 3 is 0.824 bits per heavy atom. The molecule has 0 saturated heterocycles. The van der Waals surface area contributed by atoms with Crippen LogP contribution in [0.2, 0.25) is 0 Å². The summed E-state index contributed by atoms with van der Waals surface area (Å²) in [6.07, 6.45) is -23.2. The highest BCUT2D eigenvalue weighted by Gasteiger charge is 2.92. The molecular formula is C41H28F26P+. The summed E-state index contributed by atoms with van der Waals surface area (Å²) >= 11 is 0. The van der Waals surface area contributed by atoms with E-state index in [4.69, 9.17) is 0 Å². The summed E-state index contributed by atoms with van der Waals surface area (Å²) in [4.78, 5) is 0. The predicted molar refractivity (Wildman–Crippen MR) is 194 cm³/mol. The van der Waals surface area contributed by atoms with Crippen molar-refractivity contribution in [2.45, 2.75) is 103 Å². The first kappa shape index (κ1) is 56.1. The molecule has 0 atom stereocenters. The summed E-state index contributed by atoms with van der Waals surface area (Å²) < 4.78 is 356. The van der Waals surface area contributed by atoms with E-state index in [-0.39, 0.29) is 16.8 Å². The Labute approximate surface area is 366 Å². The summed E-state index contributed by atoms with van der Waals surface area (Å²) in [7, 11) is -3.34. The number of alkyl halides is 26. The van der Waals surface area contributed by atoms with Crippen molar-refractivity contribution in [3.05, 3.63) is 126 Å². The normalized spacial score (nSPS) is 14.9. The molecule has 0 heterocycles. The van der Waals surface area contributed by atoms with Crippen molar-refractivity contribution in [2.24, 2.45) is 0 Å². The van der Waals surface area contributed by atoms with Crippen molar-refractivity contribution in [1.82, 2.24) is 0 Å². The largest absolute Gasteiger partial charge is 0.460 e. The summed E-state index contributed by atoms with van der Waals surface area (Å²) in [5.41, 5.74) is -0.419. The van der Waals surface area contributed by atoms with Gasteiger partial charge in [-0.1, -0.05) is 72.8 Å². The molecule has 0 spiro atoms. The monoisotopic (exact) mass is 1050 g/mol. The maximum atomic E-state index is 14.7. The van der Waals surface area contributed by atoms with Gasteiger partial charge in [-0.3, -0.25) is 0 Å². The summed E-state index contributed by atoms with van der Waals surface area (Å²) in [5, 5.41) is 0.817. The third-order valence-corrected chi connectivity index (χ3v) is 15.0. The molecule has 4 aromatic rings. The van der Waals surface area contributed by atoms with E-state index in [2.05, 4.69) is 0 Å². The lowest BCUT2D eigenvalue weighted by atomic mass is 9.91. The van der Waals surface area contributed by atoms with Crippen molar-refractivity contribution in [1.29, 1.82) is 0 Å². The molecule has 0 aliphatic heterocycles. The van der Waals surface area contributed by atoms with Crippen LogP contribution in [-0.2, 0) is 19.0 Å². The molecule has 0 aromatic heterocycles. The quantitative estimate of drug-likeness (QED) is 0.0649. The van der Waals surface area contributed by atoms with Gasteiger partial charge in [-0.2, -0.15) is 114 Å². The second kappa shape index (κ2) is 18.0. The Bertz CT molecular complexity index is 2180. The van der Waals surface area contributed by atoms with Gasteiger partial charge in [0.05, 0.1) is 6.16 Å². The van der Waals surface area contributed by atoms with E-state index in [0.29, 0.717) is 10.9 Å². The Morgan fingerprint density at radius 2 is 0.529 bits per heavy atom. The molecule has 68 heavy (non-hydrogen) atoms. The molecule has 0 amide bonds. The van der Waals surface area contributed by atoms with Gasteiger partial charge in [-0.05, 0) is 65.9 Å². The lowest BCUT2D eigenvalue weighted by molar-refractivity contribution is -0.440. The highest BCUT2D eigenvalue weighted by Crippen LogP contribution is 2.63. The van der Waals surface area contributed by atoms with E-state index in [1.165, 1.54) is 30.3 Å². The second-order valence-corrected chi connectivity index (χ2v) is 18.6. The van der Waals surface area contributed by atoms with E-state index >= 15 is 0 Å². The van der Waals surface area contributed by atoms with Gasteiger partial charge >= 0.3 is 71.6 Å². The van der Waals surface area contributed by atoms with Gasteiger partial charge in [0.1, 0.15) is 23.2 Å². The minimum atomic E-state index is -8.10. The van der Waals surface area contributed by atoms with Crippen LogP contribution in [0.4, 0.5) is 114 Å². The van der Waals surface area contributed by atoms with Crippen LogP contribution < -0.4 is 15.9 Å². The van der Waals surface area contributed by atoms with Crippen molar-refractivity contribution in [3.8, 4) is 0 Å². The average molecular weight is 1050 g/mol. The molecule has 0 radical (unpaired) electrons. The highest BCUT2D eigenvalue weighted by molar-refractivity contribution is 7.95. The molecular weight excluding hydrogens is 1020 g/mol. The molecule has 378 valence electrons. The number of hydrogen-bond acceptors (Lipinski definition) is 0. The van der Waals surface area contributed by atoms with Crippen LogP contribution >= 0.6 is 7.26 Å². The van der Waals surface area contributed by atoms with Gasteiger partial charge in [0.25, 0.3) is 0 Å². The Hall–Kier alpha value is -4.51. The number of aryl methyl sites for hydroxylation is 2. The molecule has 4 aromatic carbocycles. The third-order valence-electron chi connectivity index (χ3n) is 10.7. The zero-order chi connectivity index (χ0) is 52.2. The molecule has 4 rings (SSSR count). The average Bonchev–Trinajstić information content (AvgIpc) is 3.24. The Balaban J connectivity index is 1.72. The maximum absolute atomic E-state index is 14.7. The highest BCUT2D eigenvalue weighted by atomic mass is 31.2. The molecule has 0 nitrogen and oxygen atoms in total. The van der Waals surface area contributed by atoms with Crippen LogP contribution in [0.15, 0.2) is 109 Å². The first-order valence-electron chi connectivity index (χ1n) is 18.6. The van der Waals surface area contributed by atoms with E-state index in [1.54, 1.807) is 30.3 Å². The third kappa shape index (κ3) is 9.19. The van der Waals surface area contributed by atoms with Crippen molar-refractivity contribution >= 4 is 23.2 Å². The number of hydrogen-bond donors (Lipinski definition) is 0. The van der Waals surface area contributed by atoms with E-state index in [9.17, 15) is 114 Å². The molecule has 0 unspecified atom stereocenters. The van der Waals surface area contributed by atoms with Gasteiger partial charge < -0.3 is 0 Å². The summed E-state index contributed by atoms with van der Waals surface area (Å²) in [6.45, 7) is 0. The van der Waals surface area contributed by atoms with Crippen molar-refractivity contribution in [2.75, 3.05) is 0 Å². The number of rotatable bonds is 19. The fourth-order valence-electron chi connectivity index (χ4n) is 6.62. The molecule has 0 aliphatic carbocycles. The first-order chi connectivity index (χ1) is 30.6. The number of benzene rings is 4. The zero-order valence-electron chi connectivity index (χ0n) is 33.2. The number of halogens is 26. The van der Waals surface area contributed by atoms with Gasteiger partial charge in [-0.25, -0.2) is 0 Å². The lowest BCUT2D eigenvalue weighted by Gasteiger charge is -2.39. The van der Waals surface area contributed by atoms with Gasteiger partial charge in [0.2, 0.25) is 0 Å². The van der Waals surface area contributed by atoms with Crippen molar-refractivity contribution in [3.63, 3.8) is 0 Å². The molecule has 0 fully saturated rings. The van der Waals surface area contributed by atoms with Crippen molar-refractivity contribution < 1.29 is 114 Å².